The fourth-order valence-electron chi connectivity index (χ4n) is 1.83. The van der Waals surface area contributed by atoms with E-state index in [0.29, 0.717) is 0 Å². The summed E-state index contributed by atoms with van der Waals surface area (Å²) >= 11 is 0. The number of nitrogens with one attached hydrogen (secondary N) is 1. The van der Waals surface area contributed by atoms with E-state index in [0.717, 1.165) is 38.4 Å². The Morgan fingerprint density at radius 1 is 1.54 bits per heavy atom. The largest absolute Gasteiger partial charge is 0.480 e. The van der Waals surface area contributed by atoms with Gasteiger partial charge < -0.3 is 10.4 Å². The number of hydrogen-bond acceptors (Lipinski definition) is 3. The first-order valence-electron chi connectivity index (χ1n) is 4.81. The first-order valence-corrected chi connectivity index (χ1v) is 4.81. The van der Waals surface area contributed by atoms with Crippen LogP contribution in [0, 0.1) is 5.92 Å². The molecule has 0 aromatic heterocycles. The van der Waals surface area contributed by atoms with Crippen molar-refractivity contribution in [3.8, 4) is 0 Å². The van der Waals surface area contributed by atoms with Crippen LogP contribution in [0.4, 0.5) is 0 Å². The minimum Gasteiger partial charge on any atom is -0.480 e. The summed E-state index contributed by atoms with van der Waals surface area (Å²) in [6.45, 7) is 3.12. The maximum Gasteiger partial charge on any atom is 0.317 e. The minimum absolute atomic E-state index is 0.201. The average Bonchev–Trinajstić information content (AvgIpc) is 2.08. The lowest BCUT2D eigenvalue weighted by Crippen LogP contribution is -2.39. The number of aliphatic carboxylic acids is 1. The van der Waals surface area contributed by atoms with Gasteiger partial charge in [-0.3, -0.25) is 9.69 Å². The number of rotatable bonds is 4. The van der Waals surface area contributed by atoms with E-state index >= 15 is 0 Å². The van der Waals surface area contributed by atoms with Crippen molar-refractivity contribution in [3.05, 3.63) is 0 Å². The maximum absolute atomic E-state index is 10.4. The molecule has 0 aromatic carbocycles. The Morgan fingerprint density at radius 3 is 2.62 bits per heavy atom. The van der Waals surface area contributed by atoms with Crippen molar-refractivity contribution < 1.29 is 9.90 Å². The van der Waals surface area contributed by atoms with Gasteiger partial charge in [-0.2, -0.15) is 0 Å². The molecule has 1 heterocycles. The van der Waals surface area contributed by atoms with E-state index in [9.17, 15) is 4.79 Å². The molecule has 1 saturated heterocycles. The fourth-order valence-corrected chi connectivity index (χ4v) is 1.83. The first kappa shape index (κ1) is 10.5. The van der Waals surface area contributed by atoms with Crippen LogP contribution >= 0.6 is 0 Å². The summed E-state index contributed by atoms with van der Waals surface area (Å²) in [6.07, 6.45) is 2.24. The van der Waals surface area contributed by atoms with Gasteiger partial charge in [0.25, 0.3) is 0 Å². The molecule has 0 unspecified atom stereocenters. The van der Waals surface area contributed by atoms with Crippen molar-refractivity contribution in [2.24, 2.45) is 5.92 Å². The van der Waals surface area contributed by atoms with Gasteiger partial charge in [0.1, 0.15) is 0 Å². The highest BCUT2D eigenvalue weighted by atomic mass is 16.4. The summed E-state index contributed by atoms with van der Waals surface area (Å²) in [6, 6.07) is 0. The molecule has 76 valence electrons. The lowest BCUT2D eigenvalue weighted by Gasteiger charge is -2.30. The van der Waals surface area contributed by atoms with Crippen molar-refractivity contribution in [2.75, 3.05) is 33.2 Å². The summed E-state index contributed by atoms with van der Waals surface area (Å²) in [7, 11) is 1.96. The Morgan fingerprint density at radius 2 is 2.15 bits per heavy atom. The van der Waals surface area contributed by atoms with E-state index in [1.54, 1.807) is 0 Å². The second-order valence-electron chi connectivity index (χ2n) is 3.67. The van der Waals surface area contributed by atoms with Crippen LogP contribution in [0.2, 0.25) is 0 Å². The highest BCUT2D eigenvalue weighted by molar-refractivity contribution is 5.69. The molecule has 0 atom stereocenters. The monoisotopic (exact) mass is 186 g/mol. The molecule has 13 heavy (non-hydrogen) atoms. The van der Waals surface area contributed by atoms with Crippen LogP contribution in [0.15, 0.2) is 0 Å². The predicted octanol–water partition coefficient (Wildman–Crippen LogP) is 0.00240. The number of nitrogens with zero attached hydrogens (tertiary/aromatic N) is 1. The molecule has 0 bridgehead atoms. The predicted molar refractivity (Wildman–Crippen MR) is 50.7 cm³/mol. The van der Waals surface area contributed by atoms with Crippen LogP contribution in [-0.4, -0.2) is 49.2 Å². The Labute approximate surface area is 78.9 Å². The zero-order valence-corrected chi connectivity index (χ0v) is 8.12. The van der Waals surface area contributed by atoms with Crippen LogP contribution in [0.25, 0.3) is 0 Å². The molecule has 0 amide bonds. The average molecular weight is 186 g/mol. The molecule has 0 radical (unpaired) electrons. The smallest absolute Gasteiger partial charge is 0.317 e. The topological polar surface area (TPSA) is 52.6 Å². The van der Waals surface area contributed by atoms with Crippen molar-refractivity contribution in [1.29, 1.82) is 0 Å². The highest BCUT2D eigenvalue weighted by Gasteiger charge is 2.19. The van der Waals surface area contributed by atoms with E-state index < -0.39 is 5.97 Å². The van der Waals surface area contributed by atoms with Crippen molar-refractivity contribution in [1.82, 2.24) is 10.2 Å². The molecule has 0 aliphatic carbocycles. The van der Waals surface area contributed by atoms with Crippen LogP contribution in [0.1, 0.15) is 12.8 Å². The Bertz CT molecular complexity index is 165. The lowest BCUT2D eigenvalue weighted by molar-refractivity contribution is -0.138. The standard InChI is InChI=1S/C9H18N2O2/c1-10-6-8-2-4-11(5-3-8)7-9(12)13/h8,10H,2-7H2,1H3,(H,12,13). The molecule has 0 spiro atoms. The van der Waals surface area contributed by atoms with E-state index in [4.69, 9.17) is 5.11 Å². The van der Waals surface area contributed by atoms with Gasteiger partial charge in [0.05, 0.1) is 6.54 Å². The van der Waals surface area contributed by atoms with Gasteiger partial charge in [-0.15, -0.1) is 0 Å². The fraction of sp³-hybridized carbons (Fsp3) is 0.889. The van der Waals surface area contributed by atoms with Gasteiger partial charge in [-0.1, -0.05) is 0 Å². The van der Waals surface area contributed by atoms with Gasteiger partial charge >= 0.3 is 5.97 Å². The molecule has 2 N–H and O–H groups in total. The highest BCUT2D eigenvalue weighted by Crippen LogP contribution is 2.15. The Hall–Kier alpha value is -0.610. The molecule has 1 aliphatic rings. The summed E-state index contributed by atoms with van der Waals surface area (Å²) < 4.78 is 0. The van der Waals surface area contributed by atoms with Crippen LogP contribution in [0.5, 0.6) is 0 Å². The maximum atomic E-state index is 10.4. The molecule has 4 nitrogen and oxygen atoms in total. The molecule has 0 saturated carbocycles. The number of hydrogen-bond donors (Lipinski definition) is 2. The quantitative estimate of drug-likeness (QED) is 0.649. The van der Waals surface area contributed by atoms with Crippen LogP contribution < -0.4 is 5.32 Å². The van der Waals surface area contributed by atoms with Crippen molar-refractivity contribution in [3.63, 3.8) is 0 Å². The van der Waals surface area contributed by atoms with E-state index in [2.05, 4.69) is 5.32 Å². The molecule has 1 aliphatic heterocycles. The van der Waals surface area contributed by atoms with Crippen molar-refractivity contribution >= 4 is 5.97 Å². The zero-order valence-electron chi connectivity index (χ0n) is 8.12. The SMILES string of the molecule is CNCC1CCN(CC(=O)O)CC1. The first-order chi connectivity index (χ1) is 6.22. The third-order valence-corrected chi connectivity index (χ3v) is 2.56. The molecule has 0 aromatic rings. The molecule has 1 fully saturated rings. The molecule has 4 heteroatoms. The van der Waals surface area contributed by atoms with Crippen molar-refractivity contribution in [2.45, 2.75) is 12.8 Å². The Balaban J connectivity index is 2.18. The second-order valence-corrected chi connectivity index (χ2v) is 3.67. The molecular formula is C9H18N2O2. The van der Waals surface area contributed by atoms with Gasteiger partial charge in [-0.05, 0) is 45.4 Å². The Kier molecular flexibility index (Phi) is 4.18. The summed E-state index contributed by atoms with van der Waals surface area (Å²) in [5, 5.41) is 11.7. The summed E-state index contributed by atoms with van der Waals surface area (Å²) in [5.74, 6) is 0.0158. The second kappa shape index (κ2) is 5.19. The van der Waals surface area contributed by atoms with Crippen LogP contribution in [0.3, 0.4) is 0 Å². The van der Waals surface area contributed by atoms with E-state index in [1.807, 2.05) is 11.9 Å². The van der Waals surface area contributed by atoms with Crippen LogP contribution in [-0.2, 0) is 4.79 Å². The molecule has 1 rings (SSSR count). The van der Waals surface area contributed by atoms with Gasteiger partial charge in [-0.25, -0.2) is 0 Å². The number of carboxylic acid groups (broad SMARTS) is 1. The van der Waals surface area contributed by atoms with Gasteiger partial charge in [0.15, 0.2) is 0 Å². The molecular weight excluding hydrogens is 168 g/mol. The number of likely N-dealkylation sites (tertiary alicyclic amines) is 1. The van der Waals surface area contributed by atoms with Gasteiger partial charge in [0, 0.05) is 0 Å². The number of piperidine rings is 1. The normalized spacial score (nSPS) is 20.4. The third kappa shape index (κ3) is 3.74. The summed E-state index contributed by atoms with van der Waals surface area (Å²) in [5.41, 5.74) is 0. The zero-order chi connectivity index (χ0) is 9.68. The van der Waals surface area contributed by atoms with Gasteiger partial charge in [0.2, 0.25) is 0 Å². The minimum atomic E-state index is -0.716. The number of carboxylic acids is 1. The number of carbonyl (C=O) groups is 1. The van der Waals surface area contributed by atoms with E-state index in [-0.39, 0.29) is 6.54 Å². The van der Waals surface area contributed by atoms with E-state index in [1.165, 1.54) is 0 Å². The summed E-state index contributed by atoms with van der Waals surface area (Å²) in [4.78, 5) is 12.4. The lowest BCUT2D eigenvalue weighted by atomic mass is 9.97. The third-order valence-electron chi connectivity index (χ3n) is 2.56.